The third-order valence-corrected chi connectivity index (χ3v) is 6.01. The largest absolute Gasteiger partial charge is 0.338 e. The molecule has 0 aromatic heterocycles. The van der Waals surface area contributed by atoms with Gasteiger partial charge in [0.25, 0.3) is 11.8 Å². The molecule has 0 saturated carbocycles. The monoisotopic (exact) mass is 438 g/mol. The predicted octanol–water partition coefficient (Wildman–Crippen LogP) is 4.06. The molecule has 1 unspecified atom stereocenters. The first-order valence-corrected chi connectivity index (χ1v) is 10.9. The first-order chi connectivity index (χ1) is 15.9. The quantitative estimate of drug-likeness (QED) is 0.629. The first kappa shape index (κ1) is 22.3. The topological polar surface area (TPSA) is 85.2 Å². The lowest BCUT2D eigenvalue weighted by molar-refractivity contribution is -0.122. The van der Waals surface area contributed by atoms with Crippen molar-refractivity contribution >= 4 is 11.8 Å². The van der Waals surface area contributed by atoms with Gasteiger partial charge < -0.3 is 5.32 Å². The molecule has 0 radical (unpaired) electrons. The van der Waals surface area contributed by atoms with E-state index in [0.29, 0.717) is 5.56 Å². The fourth-order valence-corrected chi connectivity index (χ4v) is 4.65. The highest BCUT2D eigenvalue weighted by atomic mass is 16.2. The molecule has 2 N–H and O–H groups in total. The normalized spacial score (nSPS) is 18.9. The third-order valence-electron chi connectivity index (χ3n) is 6.01. The summed E-state index contributed by atoms with van der Waals surface area (Å²) < 4.78 is 0. The van der Waals surface area contributed by atoms with Gasteiger partial charge in [-0.05, 0) is 55.2 Å². The molecule has 1 aliphatic heterocycles. The average molecular weight is 439 g/mol. The van der Waals surface area contributed by atoms with Crippen LogP contribution in [0.25, 0.3) is 0 Å². The molecule has 3 atom stereocenters. The van der Waals surface area contributed by atoms with E-state index >= 15 is 0 Å². The number of amides is 2. The molecule has 166 valence electrons. The fraction of sp³-hybridized carbons (Fsp3) is 0.222. The standard InChI is InChI=1S/C27H26N4O2/c1-17-14-18(2)23(19(3)15-17)22(16-28)31-25(20-10-6-4-7-11-20)24(27(33)30-31)29-26(32)21-12-8-5-9-13-21/h4-15,22,24-25H,1-3H3,(H,29,32)(H,30,33)/t22?,24-,25-/m1/s1. The maximum atomic E-state index is 13.1. The molecule has 4 rings (SSSR count). The number of carbonyl (C=O) groups is 2. The fourth-order valence-electron chi connectivity index (χ4n) is 4.65. The highest BCUT2D eigenvalue weighted by molar-refractivity contribution is 5.98. The highest BCUT2D eigenvalue weighted by Crippen LogP contribution is 2.37. The van der Waals surface area contributed by atoms with Crippen LogP contribution in [0.4, 0.5) is 0 Å². The van der Waals surface area contributed by atoms with Crippen molar-refractivity contribution < 1.29 is 9.59 Å². The lowest BCUT2D eigenvalue weighted by atomic mass is 9.92. The van der Waals surface area contributed by atoms with Crippen LogP contribution < -0.4 is 10.7 Å². The number of carbonyl (C=O) groups excluding carboxylic acids is 2. The third kappa shape index (κ3) is 4.36. The number of rotatable bonds is 5. The van der Waals surface area contributed by atoms with Gasteiger partial charge in [-0.1, -0.05) is 66.2 Å². The van der Waals surface area contributed by atoms with E-state index in [-0.39, 0.29) is 11.8 Å². The Morgan fingerprint density at radius 2 is 1.58 bits per heavy atom. The molecule has 0 aliphatic carbocycles. The van der Waals surface area contributed by atoms with E-state index < -0.39 is 18.1 Å². The van der Waals surface area contributed by atoms with Gasteiger partial charge >= 0.3 is 0 Å². The number of nitrogens with zero attached hydrogens (tertiary/aromatic N) is 2. The molecule has 1 saturated heterocycles. The predicted molar refractivity (Wildman–Crippen MR) is 126 cm³/mol. The Balaban J connectivity index is 1.76. The van der Waals surface area contributed by atoms with Crippen LogP contribution in [0.3, 0.4) is 0 Å². The molecule has 6 heteroatoms. The summed E-state index contributed by atoms with van der Waals surface area (Å²) in [6.45, 7) is 5.97. The van der Waals surface area contributed by atoms with Gasteiger partial charge in [0, 0.05) is 5.56 Å². The van der Waals surface area contributed by atoms with Gasteiger partial charge in [-0.15, -0.1) is 0 Å². The van der Waals surface area contributed by atoms with Gasteiger partial charge in [-0.25, -0.2) is 0 Å². The van der Waals surface area contributed by atoms with Gasteiger partial charge in [0.1, 0.15) is 12.1 Å². The maximum absolute atomic E-state index is 13.1. The Morgan fingerprint density at radius 3 is 2.15 bits per heavy atom. The van der Waals surface area contributed by atoms with Crippen LogP contribution in [0.5, 0.6) is 0 Å². The van der Waals surface area contributed by atoms with Crippen LogP contribution in [0, 0.1) is 32.1 Å². The van der Waals surface area contributed by atoms with E-state index in [4.69, 9.17) is 0 Å². The van der Waals surface area contributed by atoms with Crippen molar-refractivity contribution in [3.8, 4) is 6.07 Å². The summed E-state index contributed by atoms with van der Waals surface area (Å²) in [5.74, 6) is -0.689. The molecule has 1 fully saturated rings. The molecule has 3 aromatic rings. The van der Waals surface area contributed by atoms with E-state index in [1.54, 1.807) is 29.3 Å². The van der Waals surface area contributed by atoms with Gasteiger partial charge in [0.15, 0.2) is 0 Å². The van der Waals surface area contributed by atoms with Crippen molar-refractivity contribution in [3.63, 3.8) is 0 Å². The second-order valence-corrected chi connectivity index (χ2v) is 8.40. The molecule has 0 spiro atoms. The zero-order valence-corrected chi connectivity index (χ0v) is 18.9. The lowest BCUT2D eigenvalue weighted by Gasteiger charge is -2.31. The number of aryl methyl sites for hydroxylation is 3. The van der Waals surface area contributed by atoms with Crippen molar-refractivity contribution in [2.24, 2.45) is 0 Å². The summed E-state index contributed by atoms with van der Waals surface area (Å²) in [4.78, 5) is 26.0. The van der Waals surface area contributed by atoms with Crippen LogP contribution in [0.2, 0.25) is 0 Å². The number of hydrogen-bond acceptors (Lipinski definition) is 4. The Labute approximate surface area is 193 Å². The Kier molecular flexibility index (Phi) is 6.25. The summed E-state index contributed by atoms with van der Waals surface area (Å²) in [5.41, 5.74) is 8.13. The van der Waals surface area contributed by atoms with Gasteiger partial charge in [0.05, 0.1) is 12.1 Å². The van der Waals surface area contributed by atoms with Crippen molar-refractivity contribution in [2.45, 2.75) is 38.9 Å². The van der Waals surface area contributed by atoms with Crippen LogP contribution >= 0.6 is 0 Å². The minimum atomic E-state index is -0.859. The second kappa shape index (κ2) is 9.27. The zero-order valence-electron chi connectivity index (χ0n) is 18.9. The van der Waals surface area contributed by atoms with E-state index in [1.165, 1.54) is 0 Å². The molecule has 1 heterocycles. The van der Waals surface area contributed by atoms with Crippen molar-refractivity contribution in [2.75, 3.05) is 0 Å². The van der Waals surface area contributed by atoms with Crippen molar-refractivity contribution in [1.29, 1.82) is 5.26 Å². The molecular weight excluding hydrogens is 412 g/mol. The summed E-state index contributed by atoms with van der Waals surface area (Å²) in [6, 6.07) is 22.6. The Morgan fingerprint density at radius 1 is 1.00 bits per heavy atom. The minimum absolute atomic E-state index is 0.338. The van der Waals surface area contributed by atoms with Gasteiger partial charge in [-0.3, -0.25) is 15.0 Å². The van der Waals surface area contributed by atoms with E-state index in [2.05, 4.69) is 16.8 Å². The second-order valence-electron chi connectivity index (χ2n) is 8.40. The molecule has 2 amide bonds. The Bertz CT molecular complexity index is 1190. The van der Waals surface area contributed by atoms with E-state index in [9.17, 15) is 14.9 Å². The van der Waals surface area contributed by atoms with E-state index in [1.807, 2.05) is 69.3 Å². The van der Waals surface area contributed by atoms with Crippen molar-refractivity contribution in [3.05, 3.63) is 106 Å². The number of nitrogens with one attached hydrogen (secondary N) is 2. The number of hydrazine groups is 1. The van der Waals surface area contributed by atoms with Crippen molar-refractivity contribution in [1.82, 2.24) is 15.8 Å². The Hall–Kier alpha value is -3.95. The summed E-state index contributed by atoms with van der Waals surface area (Å²) in [6.07, 6.45) is 0. The molecule has 6 nitrogen and oxygen atoms in total. The number of nitriles is 1. The molecule has 0 bridgehead atoms. The molecule has 1 aliphatic rings. The summed E-state index contributed by atoms with van der Waals surface area (Å²) in [7, 11) is 0. The van der Waals surface area contributed by atoms with Crippen LogP contribution in [-0.4, -0.2) is 22.9 Å². The van der Waals surface area contributed by atoms with Crippen LogP contribution in [0.15, 0.2) is 72.8 Å². The van der Waals surface area contributed by atoms with Crippen LogP contribution in [0.1, 0.15) is 50.3 Å². The summed E-state index contributed by atoms with van der Waals surface area (Å²) >= 11 is 0. The van der Waals surface area contributed by atoms with Gasteiger partial charge in [0.2, 0.25) is 0 Å². The van der Waals surface area contributed by atoms with Gasteiger partial charge in [-0.2, -0.15) is 10.3 Å². The highest BCUT2D eigenvalue weighted by Gasteiger charge is 2.46. The van der Waals surface area contributed by atoms with E-state index in [0.717, 1.165) is 27.8 Å². The first-order valence-electron chi connectivity index (χ1n) is 10.9. The average Bonchev–Trinajstić information content (AvgIpc) is 3.12. The molecular formula is C27H26N4O2. The minimum Gasteiger partial charge on any atom is -0.338 e. The number of benzene rings is 3. The molecule has 33 heavy (non-hydrogen) atoms. The maximum Gasteiger partial charge on any atom is 0.258 e. The zero-order chi connectivity index (χ0) is 23.5. The smallest absolute Gasteiger partial charge is 0.258 e. The SMILES string of the molecule is Cc1cc(C)c(C(C#N)N2NC(=O)[C@H](NC(=O)c3ccccc3)[C@H]2c2ccccc2)c(C)c1. The number of hydrogen-bond donors (Lipinski definition) is 2. The summed E-state index contributed by atoms with van der Waals surface area (Å²) in [5, 5.41) is 14.8. The lowest BCUT2D eigenvalue weighted by Crippen LogP contribution is -2.43. The molecule has 3 aromatic carbocycles. The van der Waals surface area contributed by atoms with Crippen LogP contribution in [-0.2, 0) is 4.79 Å².